The molecule has 2 nitrogen and oxygen atoms in total. The topological polar surface area (TPSA) is 20.3 Å². The van der Waals surface area contributed by atoms with Gasteiger partial charge in [0.2, 0.25) is 0 Å². The zero-order valence-electron chi connectivity index (χ0n) is 11.5. The number of allylic oxidation sites excluding steroid dienone is 1. The standard InChI is InChI=1S/C15H27NO/c1-16(2)13-14-11-9-7-5-3-4-6-8-10-12-15(14)17/h13H,3-12H2,1-2H3. The van der Waals surface area contributed by atoms with Crippen molar-refractivity contribution >= 4 is 5.78 Å². The Labute approximate surface area is 106 Å². The van der Waals surface area contributed by atoms with Crippen LogP contribution >= 0.6 is 0 Å². The van der Waals surface area contributed by atoms with Gasteiger partial charge in [-0.15, -0.1) is 0 Å². The zero-order chi connectivity index (χ0) is 12.5. The van der Waals surface area contributed by atoms with Crippen LogP contribution in [0.5, 0.6) is 0 Å². The maximum atomic E-state index is 12.1. The molecule has 17 heavy (non-hydrogen) atoms. The van der Waals surface area contributed by atoms with Crippen molar-refractivity contribution in [2.24, 2.45) is 0 Å². The Morgan fingerprint density at radius 3 is 1.82 bits per heavy atom. The molecule has 0 spiro atoms. The number of Topliss-reactive ketones (excluding diaryl/α,β-unsaturated/α-hetero) is 1. The molecule has 0 heterocycles. The van der Waals surface area contributed by atoms with Gasteiger partial charge in [-0.25, -0.2) is 0 Å². The highest BCUT2D eigenvalue weighted by atomic mass is 16.1. The van der Waals surface area contributed by atoms with E-state index in [2.05, 4.69) is 0 Å². The highest BCUT2D eigenvalue weighted by Gasteiger charge is 2.10. The summed E-state index contributed by atoms with van der Waals surface area (Å²) in [5.41, 5.74) is 1.04. The summed E-state index contributed by atoms with van der Waals surface area (Å²) in [7, 11) is 3.99. The minimum absolute atomic E-state index is 0.374. The second-order valence-corrected chi connectivity index (χ2v) is 5.37. The van der Waals surface area contributed by atoms with E-state index in [1.54, 1.807) is 0 Å². The van der Waals surface area contributed by atoms with Gasteiger partial charge in [0.1, 0.15) is 0 Å². The molecular weight excluding hydrogens is 210 g/mol. The summed E-state index contributed by atoms with van der Waals surface area (Å²) in [6.45, 7) is 0. The van der Waals surface area contributed by atoms with Crippen molar-refractivity contribution in [3.8, 4) is 0 Å². The molecule has 98 valence electrons. The third-order valence-electron chi connectivity index (χ3n) is 3.37. The molecule has 0 atom stereocenters. The van der Waals surface area contributed by atoms with Crippen molar-refractivity contribution < 1.29 is 4.79 Å². The largest absolute Gasteiger partial charge is 0.383 e. The van der Waals surface area contributed by atoms with Crippen LogP contribution in [0, 0.1) is 0 Å². The maximum absolute atomic E-state index is 12.1. The average molecular weight is 237 g/mol. The Kier molecular flexibility index (Phi) is 6.99. The van der Waals surface area contributed by atoms with Crippen LogP contribution in [0.1, 0.15) is 64.2 Å². The minimum Gasteiger partial charge on any atom is -0.383 e. The first-order valence-electron chi connectivity index (χ1n) is 7.10. The molecule has 0 aromatic rings. The Hall–Kier alpha value is -0.790. The molecule has 0 aromatic heterocycles. The van der Waals surface area contributed by atoms with Gasteiger partial charge in [0.15, 0.2) is 5.78 Å². The quantitative estimate of drug-likeness (QED) is 0.644. The van der Waals surface area contributed by atoms with Gasteiger partial charge in [-0.05, 0) is 19.3 Å². The van der Waals surface area contributed by atoms with Crippen LogP contribution in [0.15, 0.2) is 11.8 Å². The molecule has 1 rings (SSSR count). The Bertz CT molecular complexity index is 256. The number of carbonyl (C=O) groups is 1. The van der Waals surface area contributed by atoms with Gasteiger partial charge in [0, 0.05) is 32.3 Å². The molecule has 1 aliphatic rings. The van der Waals surface area contributed by atoms with E-state index in [4.69, 9.17) is 0 Å². The first-order valence-corrected chi connectivity index (χ1v) is 7.10. The highest BCUT2D eigenvalue weighted by Crippen LogP contribution is 2.18. The van der Waals surface area contributed by atoms with E-state index in [1.807, 2.05) is 25.2 Å². The summed E-state index contributed by atoms with van der Waals surface area (Å²) in [6, 6.07) is 0. The Morgan fingerprint density at radius 1 is 0.824 bits per heavy atom. The number of hydrogen-bond acceptors (Lipinski definition) is 2. The molecule has 1 aliphatic carbocycles. The predicted octanol–water partition coefficient (Wildman–Crippen LogP) is 3.92. The molecule has 0 unspecified atom stereocenters. The van der Waals surface area contributed by atoms with Gasteiger partial charge in [-0.2, -0.15) is 0 Å². The molecule has 1 fully saturated rings. The highest BCUT2D eigenvalue weighted by molar-refractivity contribution is 5.95. The minimum atomic E-state index is 0.374. The SMILES string of the molecule is CN(C)C=C1CCCCCCCCCCC1=O. The van der Waals surface area contributed by atoms with Crippen LogP contribution < -0.4 is 0 Å². The normalized spacial score (nSPS) is 22.9. The molecule has 0 aromatic carbocycles. The van der Waals surface area contributed by atoms with Crippen molar-refractivity contribution in [2.75, 3.05) is 14.1 Å². The molecule has 0 saturated heterocycles. The lowest BCUT2D eigenvalue weighted by molar-refractivity contribution is -0.115. The van der Waals surface area contributed by atoms with E-state index in [-0.39, 0.29) is 0 Å². The molecule has 0 aliphatic heterocycles. The zero-order valence-corrected chi connectivity index (χ0v) is 11.5. The second-order valence-electron chi connectivity index (χ2n) is 5.37. The number of nitrogens with zero attached hydrogens (tertiary/aromatic N) is 1. The molecule has 0 radical (unpaired) electrons. The third-order valence-corrected chi connectivity index (χ3v) is 3.37. The third kappa shape index (κ3) is 6.50. The van der Waals surface area contributed by atoms with Gasteiger partial charge in [0.05, 0.1) is 0 Å². The van der Waals surface area contributed by atoms with E-state index in [1.165, 1.54) is 44.9 Å². The maximum Gasteiger partial charge on any atom is 0.160 e. The fraction of sp³-hybridized carbons (Fsp3) is 0.800. The Balaban J connectivity index is 2.54. The van der Waals surface area contributed by atoms with Crippen LogP contribution in [0.3, 0.4) is 0 Å². The summed E-state index contributed by atoms with van der Waals surface area (Å²) >= 11 is 0. The van der Waals surface area contributed by atoms with Gasteiger partial charge in [0.25, 0.3) is 0 Å². The Morgan fingerprint density at radius 2 is 1.29 bits per heavy atom. The monoisotopic (exact) mass is 237 g/mol. The van der Waals surface area contributed by atoms with Crippen molar-refractivity contribution in [1.82, 2.24) is 4.90 Å². The van der Waals surface area contributed by atoms with Crippen molar-refractivity contribution in [3.05, 3.63) is 11.8 Å². The summed E-state index contributed by atoms with van der Waals surface area (Å²) < 4.78 is 0. The molecule has 1 saturated carbocycles. The summed E-state index contributed by atoms with van der Waals surface area (Å²) in [5.74, 6) is 0.374. The number of ketones is 1. The average Bonchev–Trinajstić information content (AvgIpc) is 2.27. The van der Waals surface area contributed by atoms with E-state index in [0.29, 0.717) is 5.78 Å². The van der Waals surface area contributed by atoms with Crippen LogP contribution in [-0.2, 0) is 4.79 Å². The smallest absolute Gasteiger partial charge is 0.160 e. The molecule has 0 bridgehead atoms. The lowest BCUT2D eigenvalue weighted by Crippen LogP contribution is -2.10. The summed E-state index contributed by atoms with van der Waals surface area (Å²) in [6.07, 6.45) is 13.9. The van der Waals surface area contributed by atoms with Crippen molar-refractivity contribution in [1.29, 1.82) is 0 Å². The van der Waals surface area contributed by atoms with E-state index in [0.717, 1.165) is 24.8 Å². The lowest BCUT2D eigenvalue weighted by Gasteiger charge is -2.12. The van der Waals surface area contributed by atoms with Crippen LogP contribution in [0.4, 0.5) is 0 Å². The van der Waals surface area contributed by atoms with Crippen molar-refractivity contribution in [3.63, 3.8) is 0 Å². The summed E-state index contributed by atoms with van der Waals surface area (Å²) in [5, 5.41) is 0. The predicted molar refractivity (Wildman–Crippen MR) is 72.9 cm³/mol. The van der Waals surface area contributed by atoms with Crippen LogP contribution in [-0.4, -0.2) is 24.8 Å². The van der Waals surface area contributed by atoms with Gasteiger partial charge >= 0.3 is 0 Å². The second kappa shape index (κ2) is 8.32. The fourth-order valence-corrected chi connectivity index (χ4v) is 2.41. The molecule has 0 N–H and O–H groups in total. The lowest BCUT2D eigenvalue weighted by atomic mass is 9.97. The van der Waals surface area contributed by atoms with E-state index < -0.39 is 0 Å². The van der Waals surface area contributed by atoms with Gasteiger partial charge in [-0.1, -0.05) is 38.5 Å². The van der Waals surface area contributed by atoms with Crippen LogP contribution in [0.2, 0.25) is 0 Å². The van der Waals surface area contributed by atoms with Gasteiger partial charge < -0.3 is 4.90 Å². The first-order chi connectivity index (χ1) is 8.20. The van der Waals surface area contributed by atoms with Crippen LogP contribution in [0.25, 0.3) is 0 Å². The molecular formula is C15H27NO. The van der Waals surface area contributed by atoms with Gasteiger partial charge in [-0.3, -0.25) is 4.79 Å². The number of rotatable bonds is 1. The summed E-state index contributed by atoms with van der Waals surface area (Å²) in [4.78, 5) is 14.1. The van der Waals surface area contributed by atoms with E-state index >= 15 is 0 Å². The van der Waals surface area contributed by atoms with Crippen molar-refractivity contribution in [2.45, 2.75) is 64.2 Å². The number of hydrogen-bond donors (Lipinski definition) is 0. The first kappa shape index (κ1) is 14.3. The fourth-order valence-electron chi connectivity index (χ4n) is 2.41. The number of carbonyl (C=O) groups excluding carboxylic acids is 1. The molecule has 2 heteroatoms. The molecule has 0 amide bonds. The van der Waals surface area contributed by atoms with E-state index in [9.17, 15) is 4.79 Å².